The topological polar surface area (TPSA) is 59.9 Å². The van der Waals surface area contributed by atoms with Gasteiger partial charge in [-0.25, -0.2) is 5.43 Å². The van der Waals surface area contributed by atoms with Gasteiger partial charge >= 0.3 is 0 Å². The van der Waals surface area contributed by atoms with Crippen LogP contribution in [0.3, 0.4) is 0 Å². The van der Waals surface area contributed by atoms with E-state index in [9.17, 15) is 4.79 Å². The summed E-state index contributed by atoms with van der Waals surface area (Å²) in [5.74, 6) is 0.973. The van der Waals surface area contributed by atoms with Crippen molar-refractivity contribution in [2.24, 2.45) is 5.10 Å². The molecule has 0 radical (unpaired) electrons. The number of hydrogen-bond acceptors (Lipinski definition) is 4. The van der Waals surface area contributed by atoms with Crippen LogP contribution < -0.4 is 14.9 Å². The molecule has 0 aliphatic carbocycles. The van der Waals surface area contributed by atoms with Gasteiger partial charge in [-0.15, -0.1) is 0 Å². The summed E-state index contributed by atoms with van der Waals surface area (Å²) in [5, 5.41) is 5.07. The second-order valence-electron chi connectivity index (χ2n) is 5.99. The normalized spacial score (nSPS) is 10.7. The molecule has 0 unspecified atom stereocenters. The number of halogens is 2. The highest BCUT2D eigenvalue weighted by Crippen LogP contribution is 2.22. The summed E-state index contributed by atoms with van der Waals surface area (Å²) in [6.07, 6.45) is 1.54. The van der Waals surface area contributed by atoms with Crippen LogP contribution in [0.1, 0.15) is 11.1 Å². The fraction of sp³-hybridized carbons (Fsp3) is 0.0909. The Kier molecular flexibility index (Phi) is 7.50. The Bertz CT molecular complexity index is 977. The van der Waals surface area contributed by atoms with E-state index in [0.717, 1.165) is 11.1 Å². The number of rotatable bonds is 8. The first kappa shape index (κ1) is 20.7. The van der Waals surface area contributed by atoms with E-state index in [1.807, 2.05) is 48.5 Å². The number of nitrogens with zero attached hydrogens (tertiary/aromatic N) is 1. The SMILES string of the molecule is O=C(COc1ccccc1)N/N=C\c1ccc(OCc2ccc(Cl)cc2Cl)cc1. The summed E-state index contributed by atoms with van der Waals surface area (Å²) in [6, 6.07) is 21.7. The average Bonchev–Trinajstić information content (AvgIpc) is 2.73. The molecule has 0 aliphatic rings. The maximum atomic E-state index is 11.7. The molecule has 1 amide bonds. The Morgan fingerprint density at radius 1 is 0.931 bits per heavy atom. The number of nitrogens with one attached hydrogen (secondary N) is 1. The summed E-state index contributed by atoms with van der Waals surface area (Å²) < 4.78 is 11.1. The maximum Gasteiger partial charge on any atom is 0.277 e. The minimum absolute atomic E-state index is 0.110. The van der Waals surface area contributed by atoms with Crippen molar-refractivity contribution in [2.75, 3.05) is 6.61 Å². The molecule has 7 heteroatoms. The van der Waals surface area contributed by atoms with Gasteiger partial charge in [0.2, 0.25) is 0 Å². The van der Waals surface area contributed by atoms with Crippen LogP contribution in [0.4, 0.5) is 0 Å². The van der Waals surface area contributed by atoms with Gasteiger partial charge in [-0.3, -0.25) is 4.79 Å². The molecule has 29 heavy (non-hydrogen) atoms. The number of ether oxygens (including phenoxy) is 2. The van der Waals surface area contributed by atoms with E-state index in [0.29, 0.717) is 28.2 Å². The van der Waals surface area contributed by atoms with Gasteiger partial charge in [0, 0.05) is 15.6 Å². The van der Waals surface area contributed by atoms with Crippen LogP contribution in [0.5, 0.6) is 11.5 Å². The molecule has 0 aromatic heterocycles. The first-order valence-electron chi connectivity index (χ1n) is 8.77. The number of hydrazone groups is 1. The van der Waals surface area contributed by atoms with Gasteiger partial charge in [0.15, 0.2) is 6.61 Å². The predicted molar refractivity (Wildman–Crippen MR) is 115 cm³/mol. The fourth-order valence-corrected chi connectivity index (χ4v) is 2.79. The van der Waals surface area contributed by atoms with Crippen molar-refractivity contribution in [2.45, 2.75) is 6.61 Å². The largest absolute Gasteiger partial charge is 0.489 e. The lowest BCUT2D eigenvalue weighted by Gasteiger charge is -2.08. The number of benzene rings is 3. The highest BCUT2D eigenvalue weighted by molar-refractivity contribution is 6.35. The molecule has 148 valence electrons. The van der Waals surface area contributed by atoms with E-state index in [2.05, 4.69) is 10.5 Å². The van der Waals surface area contributed by atoms with Gasteiger partial charge < -0.3 is 9.47 Å². The van der Waals surface area contributed by atoms with Gasteiger partial charge in [-0.05, 0) is 54.1 Å². The standard InChI is InChI=1S/C22H18Cl2N2O3/c23-18-9-8-17(21(24)12-18)14-28-20-10-6-16(7-11-20)13-25-26-22(27)15-29-19-4-2-1-3-5-19/h1-13H,14-15H2,(H,26,27)/b25-13-. The lowest BCUT2D eigenvalue weighted by molar-refractivity contribution is -0.123. The average molecular weight is 429 g/mol. The highest BCUT2D eigenvalue weighted by atomic mass is 35.5. The molecule has 3 rings (SSSR count). The first-order valence-corrected chi connectivity index (χ1v) is 9.52. The Hall–Kier alpha value is -3.02. The maximum absolute atomic E-state index is 11.7. The smallest absolute Gasteiger partial charge is 0.277 e. The van der Waals surface area contributed by atoms with E-state index in [-0.39, 0.29) is 12.5 Å². The van der Waals surface area contributed by atoms with E-state index >= 15 is 0 Å². The van der Waals surface area contributed by atoms with Crippen molar-refractivity contribution in [3.05, 3.63) is 94.0 Å². The molecule has 3 aromatic carbocycles. The minimum atomic E-state index is -0.343. The second-order valence-corrected chi connectivity index (χ2v) is 6.83. The van der Waals surface area contributed by atoms with Crippen LogP contribution in [0.2, 0.25) is 10.0 Å². The van der Waals surface area contributed by atoms with Crippen molar-refractivity contribution >= 4 is 35.3 Å². The van der Waals surface area contributed by atoms with Crippen LogP contribution in [-0.4, -0.2) is 18.7 Å². The van der Waals surface area contributed by atoms with E-state index < -0.39 is 0 Å². The van der Waals surface area contributed by atoms with Crippen molar-refractivity contribution in [3.63, 3.8) is 0 Å². The lowest BCUT2D eigenvalue weighted by atomic mass is 10.2. The van der Waals surface area contributed by atoms with Crippen LogP contribution >= 0.6 is 23.2 Å². The third kappa shape index (κ3) is 6.82. The number of carbonyl (C=O) groups is 1. The summed E-state index contributed by atoms with van der Waals surface area (Å²) in [6.45, 7) is 0.225. The van der Waals surface area contributed by atoms with Crippen molar-refractivity contribution in [3.8, 4) is 11.5 Å². The molecule has 3 aromatic rings. The van der Waals surface area contributed by atoms with Crippen LogP contribution in [0.15, 0.2) is 77.9 Å². The lowest BCUT2D eigenvalue weighted by Crippen LogP contribution is -2.24. The van der Waals surface area contributed by atoms with Crippen molar-refractivity contribution in [1.29, 1.82) is 0 Å². The summed E-state index contributed by atoms with van der Waals surface area (Å²) >= 11 is 12.0. The second kappa shape index (κ2) is 10.5. The molecular formula is C22H18Cl2N2O3. The van der Waals surface area contributed by atoms with E-state index in [1.54, 1.807) is 30.5 Å². The molecule has 0 aliphatic heterocycles. The molecule has 0 heterocycles. The molecule has 0 fully saturated rings. The zero-order valence-electron chi connectivity index (χ0n) is 15.3. The third-order valence-corrected chi connectivity index (χ3v) is 4.39. The highest BCUT2D eigenvalue weighted by Gasteiger charge is 2.03. The summed E-state index contributed by atoms with van der Waals surface area (Å²) in [4.78, 5) is 11.7. The molecule has 0 saturated heterocycles. The third-order valence-electron chi connectivity index (χ3n) is 3.81. The van der Waals surface area contributed by atoms with Crippen molar-refractivity contribution in [1.82, 2.24) is 5.43 Å². The molecule has 5 nitrogen and oxygen atoms in total. The summed E-state index contributed by atoms with van der Waals surface area (Å²) in [7, 11) is 0. The van der Waals surface area contributed by atoms with Crippen LogP contribution in [0.25, 0.3) is 0 Å². The van der Waals surface area contributed by atoms with Gasteiger partial charge in [0.25, 0.3) is 5.91 Å². The zero-order valence-corrected chi connectivity index (χ0v) is 16.9. The minimum Gasteiger partial charge on any atom is -0.489 e. The molecule has 0 atom stereocenters. The quantitative estimate of drug-likeness (QED) is 0.400. The Morgan fingerprint density at radius 2 is 1.66 bits per heavy atom. The first-order chi connectivity index (χ1) is 14.1. The van der Waals surface area contributed by atoms with Gasteiger partial charge in [-0.1, -0.05) is 47.5 Å². The zero-order chi connectivity index (χ0) is 20.5. The Morgan fingerprint density at radius 3 is 2.38 bits per heavy atom. The Labute approximate surface area is 178 Å². The molecular weight excluding hydrogens is 411 g/mol. The van der Waals surface area contributed by atoms with Crippen LogP contribution in [0, 0.1) is 0 Å². The van der Waals surface area contributed by atoms with Crippen molar-refractivity contribution < 1.29 is 14.3 Å². The molecule has 0 bridgehead atoms. The number of para-hydroxylation sites is 1. The monoisotopic (exact) mass is 428 g/mol. The number of carbonyl (C=O) groups excluding carboxylic acids is 1. The fourth-order valence-electron chi connectivity index (χ4n) is 2.33. The molecule has 1 N–H and O–H groups in total. The van der Waals surface area contributed by atoms with Crippen LogP contribution in [-0.2, 0) is 11.4 Å². The molecule has 0 spiro atoms. The molecule has 0 saturated carbocycles. The Balaban J connectivity index is 1.44. The summed E-state index contributed by atoms with van der Waals surface area (Å²) in [5.41, 5.74) is 4.08. The van der Waals surface area contributed by atoms with E-state index in [1.165, 1.54) is 0 Å². The van der Waals surface area contributed by atoms with Gasteiger partial charge in [0.05, 0.1) is 6.21 Å². The van der Waals surface area contributed by atoms with Gasteiger partial charge in [-0.2, -0.15) is 5.10 Å². The van der Waals surface area contributed by atoms with Gasteiger partial charge in [0.1, 0.15) is 18.1 Å². The number of hydrogen-bond donors (Lipinski definition) is 1. The number of amides is 1. The van der Waals surface area contributed by atoms with E-state index in [4.69, 9.17) is 32.7 Å². The predicted octanol–water partition coefficient (Wildman–Crippen LogP) is 5.10.